The smallest absolute Gasteiger partial charge is 0.325 e. The van der Waals surface area contributed by atoms with Gasteiger partial charge in [-0.15, -0.1) is 0 Å². The van der Waals surface area contributed by atoms with Crippen LogP contribution in [0.2, 0.25) is 0 Å². The van der Waals surface area contributed by atoms with E-state index in [1.54, 1.807) is 6.92 Å². The van der Waals surface area contributed by atoms with Crippen LogP contribution in [0.4, 0.5) is 0 Å². The predicted octanol–water partition coefficient (Wildman–Crippen LogP) is -2.02. The van der Waals surface area contributed by atoms with Gasteiger partial charge in [0.05, 0.1) is 6.61 Å². The topological polar surface area (TPSA) is 185 Å². The number of carbonyl (C=O) groups excluding carboxylic acids is 4. The Morgan fingerprint density at radius 3 is 2.37 bits per heavy atom. The minimum absolute atomic E-state index is 0.136. The van der Waals surface area contributed by atoms with Crippen LogP contribution in [-0.4, -0.2) is 76.2 Å². The van der Waals surface area contributed by atoms with Gasteiger partial charge in [-0.2, -0.15) is 0 Å². The fraction of sp³-hybridized carbons (Fsp3) is 0.667. The first kappa shape index (κ1) is 24.8. The van der Waals surface area contributed by atoms with Gasteiger partial charge in [0.25, 0.3) is 0 Å². The third-order valence-corrected chi connectivity index (χ3v) is 4.22. The number of aliphatic hydroxyl groups is 1. The van der Waals surface area contributed by atoms with E-state index in [4.69, 9.17) is 10.8 Å². The van der Waals surface area contributed by atoms with E-state index in [1.807, 2.05) is 0 Å². The second-order valence-electron chi connectivity index (χ2n) is 5.43. The largest absolute Gasteiger partial charge is 0.480 e. The van der Waals surface area contributed by atoms with Crippen molar-refractivity contribution in [3.63, 3.8) is 0 Å². The summed E-state index contributed by atoms with van der Waals surface area (Å²) in [6, 6.07) is -2.40. The minimum atomic E-state index is -1.26. The normalized spacial score (nSPS) is 13.8. The average molecular weight is 407 g/mol. The molecule has 0 aromatic rings. The predicted molar refractivity (Wildman–Crippen MR) is 95.6 cm³/mol. The number of aliphatic carboxylic acids is 1. The van der Waals surface area contributed by atoms with Gasteiger partial charge in [-0.25, -0.2) is 0 Å². The summed E-state index contributed by atoms with van der Waals surface area (Å²) in [5, 5.41) is 21.9. The minimum Gasteiger partial charge on any atom is -0.480 e. The highest BCUT2D eigenvalue weighted by atomic mass is 32.2. The average Bonchev–Trinajstić information content (AvgIpc) is 2.60. The number of thioether (sulfide) groups is 1. The van der Waals surface area contributed by atoms with Crippen molar-refractivity contribution in [1.82, 2.24) is 10.6 Å². The van der Waals surface area contributed by atoms with E-state index in [1.165, 1.54) is 6.92 Å². The maximum atomic E-state index is 12.2. The van der Waals surface area contributed by atoms with E-state index >= 15 is 0 Å². The van der Waals surface area contributed by atoms with Crippen molar-refractivity contribution in [3.05, 3.63) is 0 Å². The van der Waals surface area contributed by atoms with Crippen molar-refractivity contribution < 1.29 is 38.9 Å². The molecular formula is C15H25N3O8S. The first-order valence-corrected chi connectivity index (χ1v) is 9.12. The fourth-order valence-electron chi connectivity index (χ4n) is 1.64. The Bertz CT molecular complexity index is 555. The molecule has 0 aliphatic carbocycles. The van der Waals surface area contributed by atoms with Crippen molar-refractivity contribution in [2.75, 3.05) is 18.9 Å². The number of aliphatic hydroxyl groups excluding tert-OH is 1. The van der Waals surface area contributed by atoms with Crippen molar-refractivity contribution in [1.29, 1.82) is 0 Å². The molecule has 0 saturated carbocycles. The molecule has 27 heavy (non-hydrogen) atoms. The molecule has 2 amide bonds. The molecule has 6 N–H and O–H groups in total. The number of hydrogen-bond acceptors (Lipinski definition) is 9. The summed E-state index contributed by atoms with van der Waals surface area (Å²) in [6.45, 7) is 2.58. The quantitative estimate of drug-likeness (QED) is 0.226. The summed E-state index contributed by atoms with van der Waals surface area (Å²) < 4.78 is 4.67. The summed E-state index contributed by atoms with van der Waals surface area (Å²) in [6.07, 6.45) is -1.63. The molecule has 0 aromatic carbocycles. The maximum absolute atomic E-state index is 12.2. The number of amides is 2. The Hall–Kier alpha value is -2.18. The van der Waals surface area contributed by atoms with Crippen LogP contribution >= 0.6 is 11.8 Å². The van der Waals surface area contributed by atoms with Crippen molar-refractivity contribution >= 4 is 40.6 Å². The number of hydrogen-bond donors (Lipinski definition) is 5. The Balaban J connectivity index is 4.78. The molecule has 3 atom stereocenters. The van der Waals surface area contributed by atoms with Gasteiger partial charge >= 0.3 is 11.9 Å². The molecular weight excluding hydrogens is 382 g/mol. The van der Waals surface area contributed by atoms with E-state index in [-0.39, 0.29) is 25.2 Å². The van der Waals surface area contributed by atoms with Crippen LogP contribution in [0.15, 0.2) is 0 Å². The first-order valence-electron chi connectivity index (χ1n) is 8.14. The molecule has 0 aromatic heterocycles. The number of nitrogens with two attached hydrogens (primary N) is 1. The molecule has 0 fully saturated rings. The lowest BCUT2D eigenvalue weighted by atomic mass is 10.1. The van der Waals surface area contributed by atoms with Crippen LogP contribution in [0.3, 0.4) is 0 Å². The van der Waals surface area contributed by atoms with E-state index in [9.17, 15) is 29.1 Å². The summed E-state index contributed by atoms with van der Waals surface area (Å²) >= 11 is 0.637. The zero-order valence-electron chi connectivity index (χ0n) is 15.1. The molecule has 0 radical (unpaired) electrons. The molecule has 0 heterocycles. The van der Waals surface area contributed by atoms with E-state index < -0.39 is 53.6 Å². The van der Waals surface area contributed by atoms with Crippen molar-refractivity contribution in [2.45, 2.75) is 44.9 Å². The number of ether oxygens (including phenoxy) is 1. The lowest BCUT2D eigenvalue weighted by molar-refractivity contribution is -0.143. The Morgan fingerprint density at radius 2 is 1.85 bits per heavy atom. The maximum Gasteiger partial charge on any atom is 0.325 e. The number of carboxylic acids is 1. The van der Waals surface area contributed by atoms with Gasteiger partial charge in [0.15, 0.2) is 0 Å². The molecule has 0 aliphatic rings. The summed E-state index contributed by atoms with van der Waals surface area (Å²) in [7, 11) is 0. The van der Waals surface area contributed by atoms with E-state index in [2.05, 4.69) is 15.4 Å². The molecule has 154 valence electrons. The van der Waals surface area contributed by atoms with Crippen molar-refractivity contribution in [3.8, 4) is 0 Å². The number of rotatable bonds is 12. The van der Waals surface area contributed by atoms with Crippen LogP contribution in [0.5, 0.6) is 0 Å². The highest BCUT2D eigenvalue weighted by molar-refractivity contribution is 8.13. The van der Waals surface area contributed by atoms with Gasteiger partial charge < -0.3 is 31.3 Å². The van der Waals surface area contributed by atoms with Gasteiger partial charge in [0, 0.05) is 12.2 Å². The van der Waals surface area contributed by atoms with Crippen LogP contribution in [0.25, 0.3) is 0 Å². The standard InChI is InChI=1S/C15H25N3O8S/c1-3-26-12(21)6-17-13(22)10(7-27-15(25)8(2)19)18-11(20)5-4-9(16)14(23)24/h8-10,19H,3-7,16H2,1-2H3,(H,17,22)(H,18,20)(H,23,24)/t8-,9+,10+/m1/s1. The molecule has 0 spiro atoms. The van der Waals surface area contributed by atoms with Gasteiger partial charge in [-0.1, -0.05) is 11.8 Å². The second-order valence-corrected chi connectivity index (χ2v) is 6.46. The summed E-state index contributed by atoms with van der Waals surface area (Å²) in [4.78, 5) is 57.6. The van der Waals surface area contributed by atoms with Gasteiger partial charge in [-0.3, -0.25) is 24.0 Å². The zero-order valence-corrected chi connectivity index (χ0v) is 15.9. The number of nitrogens with one attached hydrogen (secondary N) is 2. The SMILES string of the molecule is CCOC(=O)CNC(=O)[C@H](CSC(=O)[C@@H](C)O)NC(=O)CC[C@H](N)C(=O)O. The monoisotopic (exact) mass is 407 g/mol. The van der Waals surface area contributed by atoms with Crippen molar-refractivity contribution in [2.24, 2.45) is 5.73 Å². The Labute approximate surface area is 160 Å². The molecule has 0 aliphatic heterocycles. The first-order chi connectivity index (χ1) is 12.6. The molecule has 0 saturated heterocycles. The fourth-order valence-corrected chi connectivity index (χ4v) is 2.45. The molecule has 0 unspecified atom stereocenters. The Kier molecular flexibility index (Phi) is 12.0. The number of esters is 1. The van der Waals surface area contributed by atoms with Crippen LogP contribution < -0.4 is 16.4 Å². The highest BCUT2D eigenvalue weighted by Gasteiger charge is 2.24. The second kappa shape index (κ2) is 13.1. The zero-order chi connectivity index (χ0) is 21.0. The third kappa shape index (κ3) is 11.2. The Morgan fingerprint density at radius 1 is 1.22 bits per heavy atom. The molecule has 0 bridgehead atoms. The van der Waals surface area contributed by atoms with Crippen LogP contribution in [0, 0.1) is 0 Å². The highest BCUT2D eigenvalue weighted by Crippen LogP contribution is 2.09. The summed E-state index contributed by atoms with van der Waals surface area (Å²) in [5.41, 5.74) is 5.31. The molecule has 11 nitrogen and oxygen atoms in total. The lowest BCUT2D eigenvalue weighted by Crippen LogP contribution is -2.50. The molecule has 12 heteroatoms. The van der Waals surface area contributed by atoms with Gasteiger partial charge in [0.2, 0.25) is 16.9 Å². The van der Waals surface area contributed by atoms with Crippen LogP contribution in [0.1, 0.15) is 26.7 Å². The number of carboxylic acid groups (broad SMARTS) is 1. The molecule has 0 rings (SSSR count). The summed E-state index contributed by atoms with van der Waals surface area (Å²) in [5.74, 6) is -3.49. The van der Waals surface area contributed by atoms with Gasteiger partial charge in [0.1, 0.15) is 24.7 Å². The van der Waals surface area contributed by atoms with E-state index in [0.717, 1.165) is 0 Å². The third-order valence-electron chi connectivity index (χ3n) is 3.10. The van der Waals surface area contributed by atoms with Gasteiger partial charge in [-0.05, 0) is 20.3 Å². The number of carbonyl (C=O) groups is 5. The lowest BCUT2D eigenvalue weighted by Gasteiger charge is -2.18. The van der Waals surface area contributed by atoms with Crippen LogP contribution in [-0.2, 0) is 28.7 Å². The van der Waals surface area contributed by atoms with E-state index in [0.29, 0.717) is 11.8 Å².